The van der Waals surface area contributed by atoms with Crippen molar-refractivity contribution in [3.8, 4) is 0 Å². The molecular formula is C38H55NO2. The van der Waals surface area contributed by atoms with Crippen LogP contribution < -0.4 is 5.73 Å². The molecule has 3 nitrogen and oxygen atoms in total. The lowest BCUT2D eigenvalue weighted by Gasteiger charge is -2.72. The van der Waals surface area contributed by atoms with E-state index >= 15 is 0 Å². The standard InChI is InChI=1S/C38H55NO2/c1-24(2)27-15-20-38(23-39)22-21-36(6)29(32(27)38)13-14-31-35(5)18-16-28(25-9-11-26(12-10-25)33(40)41-8)34(3,4)30(35)17-19-37(31,36)7/h9-12,16,27,29-32H,1,13-15,17-23,39H2,2-8H3. The van der Waals surface area contributed by atoms with Gasteiger partial charge in [0.25, 0.3) is 0 Å². The van der Waals surface area contributed by atoms with Crippen molar-refractivity contribution in [2.24, 2.45) is 62.4 Å². The highest BCUT2D eigenvalue weighted by molar-refractivity contribution is 5.89. The van der Waals surface area contributed by atoms with E-state index in [1.165, 1.54) is 75.2 Å². The van der Waals surface area contributed by atoms with Crippen LogP contribution >= 0.6 is 0 Å². The van der Waals surface area contributed by atoms with Gasteiger partial charge in [-0.1, -0.05) is 65.0 Å². The van der Waals surface area contributed by atoms with Crippen LogP contribution in [0.2, 0.25) is 0 Å². The molecule has 41 heavy (non-hydrogen) atoms. The van der Waals surface area contributed by atoms with E-state index in [1.54, 1.807) is 0 Å². The van der Waals surface area contributed by atoms with Crippen LogP contribution in [0.15, 0.2) is 42.5 Å². The predicted octanol–water partition coefficient (Wildman–Crippen LogP) is 9.08. The Morgan fingerprint density at radius 1 is 0.927 bits per heavy atom. The molecule has 224 valence electrons. The number of fused-ring (bicyclic) bond motifs is 7. The number of ether oxygens (including phenoxy) is 1. The first kappa shape index (κ1) is 29.2. The topological polar surface area (TPSA) is 52.3 Å². The maximum atomic E-state index is 12.0. The van der Waals surface area contributed by atoms with Crippen molar-refractivity contribution in [3.05, 3.63) is 53.6 Å². The minimum Gasteiger partial charge on any atom is -0.465 e. The summed E-state index contributed by atoms with van der Waals surface area (Å²) < 4.78 is 4.94. The number of rotatable bonds is 4. The molecule has 5 aliphatic carbocycles. The quantitative estimate of drug-likeness (QED) is 0.297. The summed E-state index contributed by atoms with van der Waals surface area (Å²) in [4.78, 5) is 12.0. The van der Waals surface area contributed by atoms with Gasteiger partial charge in [0.05, 0.1) is 12.7 Å². The van der Waals surface area contributed by atoms with Gasteiger partial charge in [0.15, 0.2) is 0 Å². The molecule has 9 unspecified atom stereocenters. The van der Waals surface area contributed by atoms with Gasteiger partial charge in [-0.25, -0.2) is 4.79 Å². The Hall–Kier alpha value is -1.87. The minimum atomic E-state index is -0.268. The number of hydrogen-bond acceptors (Lipinski definition) is 3. The van der Waals surface area contributed by atoms with Crippen molar-refractivity contribution >= 4 is 11.5 Å². The highest BCUT2D eigenvalue weighted by Gasteiger charge is 2.70. The molecule has 1 aromatic rings. The van der Waals surface area contributed by atoms with Crippen LogP contribution in [-0.4, -0.2) is 19.6 Å². The molecule has 0 radical (unpaired) electrons. The highest BCUT2D eigenvalue weighted by Crippen LogP contribution is 2.77. The second-order valence-corrected chi connectivity index (χ2v) is 16.4. The number of methoxy groups -OCH3 is 1. The summed E-state index contributed by atoms with van der Waals surface area (Å²) in [5, 5.41) is 0. The molecule has 0 heterocycles. The Bertz CT molecular complexity index is 1260. The molecule has 5 aliphatic rings. The number of nitrogens with two attached hydrogens (primary N) is 1. The van der Waals surface area contributed by atoms with E-state index in [2.05, 4.69) is 66.3 Å². The average Bonchev–Trinajstić information content (AvgIpc) is 3.33. The molecule has 6 rings (SSSR count). The molecule has 0 aliphatic heterocycles. The Morgan fingerprint density at radius 2 is 1.63 bits per heavy atom. The van der Waals surface area contributed by atoms with Gasteiger partial charge in [-0.3, -0.25) is 0 Å². The summed E-state index contributed by atoms with van der Waals surface area (Å²) in [6, 6.07) is 8.12. The molecule has 3 heteroatoms. The van der Waals surface area contributed by atoms with Crippen LogP contribution in [0.3, 0.4) is 0 Å². The van der Waals surface area contributed by atoms with Crippen LogP contribution in [0.25, 0.3) is 5.57 Å². The van der Waals surface area contributed by atoms with Crippen molar-refractivity contribution in [2.75, 3.05) is 13.7 Å². The third-order valence-electron chi connectivity index (χ3n) is 14.8. The number of carbonyl (C=O) groups excluding carboxylic acids is 1. The van der Waals surface area contributed by atoms with E-state index in [-0.39, 0.29) is 11.4 Å². The Kier molecular flexibility index (Phi) is 6.82. The summed E-state index contributed by atoms with van der Waals surface area (Å²) in [6.45, 7) is 20.8. The Balaban J connectivity index is 1.35. The molecule has 4 fully saturated rings. The second-order valence-electron chi connectivity index (χ2n) is 16.4. The van der Waals surface area contributed by atoms with Crippen molar-refractivity contribution in [2.45, 2.75) is 99.3 Å². The van der Waals surface area contributed by atoms with Gasteiger partial charge < -0.3 is 10.5 Å². The molecule has 9 atom stereocenters. The van der Waals surface area contributed by atoms with Gasteiger partial charge in [0, 0.05) is 0 Å². The van der Waals surface area contributed by atoms with Crippen LogP contribution in [0.5, 0.6) is 0 Å². The van der Waals surface area contributed by atoms with E-state index in [4.69, 9.17) is 10.5 Å². The minimum absolute atomic E-state index is 0.0800. The van der Waals surface area contributed by atoms with Crippen molar-refractivity contribution in [3.63, 3.8) is 0 Å². The fourth-order valence-electron chi connectivity index (χ4n) is 12.6. The molecule has 2 N–H and O–H groups in total. The summed E-state index contributed by atoms with van der Waals surface area (Å²) in [7, 11) is 1.45. The average molecular weight is 558 g/mol. The lowest BCUT2D eigenvalue weighted by molar-refractivity contribution is -0.224. The van der Waals surface area contributed by atoms with Gasteiger partial charge >= 0.3 is 5.97 Å². The summed E-state index contributed by atoms with van der Waals surface area (Å²) in [5.41, 5.74) is 12.8. The van der Waals surface area contributed by atoms with E-state index in [0.717, 1.165) is 24.8 Å². The number of allylic oxidation sites excluding steroid dienone is 3. The van der Waals surface area contributed by atoms with Crippen LogP contribution in [0, 0.1) is 56.7 Å². The monoisotopic (exact) mass is 557 g/mol. The van der Waals surface area contributed by atoms with Crippen LogP contribution in [0.4, 0.5) is 0 Å². The third-order valence-corrected chi connectivity index (χ3v) is 14.8. The zero-order chi connectivity index (χ0) is 29.6. The maximum absolute atomic E-state index is 12.0. The summed E-state index contributed by atoms with van der Waals surface area (Å²) in [6.07, 6.45) is 14.4. The molecule has 0 spiro atoms. The summed E-state index contributed by atoms with van der Waals surface area (Å²) >= 11 is 0. The molecule has 0 amide bonds. The van der Waals surface area contributed by atoms with E-state index in [0.29, 0.717) is 45.0 Å². The van der Waals surface area contributed by atoms with E-state index < -0.39 is 0 Å². The fraction of sp³-hybridized carbons (Fsp3) is 0.711. The molecule has 0 bridgehead atoms. The normalized spacial score (nSPS) is 44.5. The van der Waals surface area contributed by atoms with E-state index in [1.807, 2.05) is 12.1 Å². The molecule has 4 saturated carbocycles. The van der Waals surface area contributed by atoms with Crippen molar-refractivity contribution < 1.29 is 9.53 Å². The summed E-state index contributed by atoms with van der Waals surface area (Å²) in [5.74, 6) is 3.25. The fourth-order valence-corrected chi connectivity index (χ4v) is 12.6. The van der Waals surface area contributed by atoms with Crippen LogP contribution in [-0.2, 0) is 4.74 Å². The van der Waals surface area contributed by atoms with Gasteiger partial charge in [-0.05, 0) is 151 Å². The molecule has 0 saturated heterocycles. The van der Waals surface area contributed by atoms with Gasteiger partial charge in [-0.15, -0.1) is 0 Å². The lowest BCUT2D eigenvalue weighted by atomic mass is 9.32. The predicted molar refractivity (Wildman–Crippen MR) is 169 cm³/mol. The van der Waals surface area contributed by atoms with Gasteiger partial charge in [0.1, 0.15) is 0 Å². The Labute approximate surface area is 249 Å². The zero-order valence-corrected chi connectivity index (χ0v) is 26.9. The molecule has 1 aromatic carbocycles. The molecule has 0 aromatic heterocycles. The van der Waals surface area contributed by atoms with Crippen molar-refractivity contribution in [1.82, 2.24) is 0 Å². The van der Waals surface area contributed by atoms with Gasteiger partial charge in [0.2, 0.25) is 0 Å². The second kappa shape index (κ2) is 9.57. The number of benzene rings is 1. The zero-order valence-electron chi connectivity index (χ0n) is 26.9. The first-order valence-corrected chi connectivity index (χ1v) is 16.5. The lowest BCUT2D eigenvalue weighted by Crippen LogP contribution is -2.65. The first-order chi connectivity index (χ1) is 19.3. The smallest absolute Gasteiger partial charge is 0.337 e. The van der Waals surface area contributed by atoms with E-state index in [9.17, 15) is 4.79 Å². The van der Waals surface area contributed by atoms with Crippen molar-refractivity contribution in [1.29, 1.82) is 0 Å². The number of esters is 1. The number of carbonyl (C=O) groups is 1. The van der Waals surface area contributed by atoms with Crippen LogP contribution in [0.1, 0.15) is 115 Å². The van der Waals surface area contributed by atoms with Gasteiger partial charge in [-0.2, -0.15) is 0 Å². The Morgan fingerprint density at radius 3 is 2.27 bits per heavy atom. The SMILES string of the molecule is C=C(C)C1CCC2(CN)CCC3(C)C(CCC4C5(C)CC=C(c6ccc(C(=O)OC)cc6)C(C)(C)C5CCC43C)C12. The highest BCUT2D eigenvalue weighted by atomic mass is 16.5. The maximum Gasteiger partial charge on any atom is 0.337 e. The molecular weight excluding hydrogens is 502 g/mol. The largest absolute Gasteiger partial charge is 0.465 e. The third kappa shape index (κ3) is 3.82. The first-order valence-electron chi connectivity index (χ1n) is 16.5. The number of hydrogen-bond donors (Lipinski definition) is 1.